The lowest BCUT2D eigenvalue weighted by molar-refractivity contribution is 1.35. The molecule has 0 amide bonds. The highest BCUT2D eigenvalue weighted by Crippen LogP contribution is 2.16. The van der Waals surface area contributed by atoms with Gasteiger partial charge in [-0.05, 0) is 30.3 Å². The number of para-hydroxylation sites is 1. The molecule has 0 aliphatic heterocycles. The van der Waals surface area contributed by atoms with Gasteiger partial charge < -0.3 is 4.98 Å². The Hall–Kier alpha value is -2.26. The summed E-state index contributed by atoms with van der Waals surface area (Å²) in [5, 5.41) is 6.10. The molecule has 3 rings (SSSR count). The van der Waals surface area contributed by atoms with Gasteiger partial charge in [-0.3, -0.25) is 5.43 Å². The second kappa shape index (κ2) is 5.16. The fraction of sp³-hybridized carbons (Fsp3) is 0. The molecule has 1 heterocycles. The van der Waals surface area contributed by atoms with Crippen LogP contribution in [0.15, 0.2) is 59.8 Å². The van der Waals surface area contributed by atoms with Crippen molar-refractivity contribution in [2.75, 3.05) is 5.43 Å². The lowest BCUT2D eigenvalue weighted by Gasteiger charge is -1.99. The molecule has 0 bridgehead atoms. The largest absolute Gasteiger partial charge is 0.361 e. The first-order valence-corrected chi connectivity index (χ1v) is 6.31. The number of fused-ring (bicyclic) bond motifs is 1. The van der Waals surface area contributed by atoms with Crippen LogP contribution in [0.1, 0.15) is 5.56 Å². The minimum Gasteiger partial charge on any atom is -0.361 e. The highest BCUT2D eigenvalue weighted by Gasteiger charge is 1.99. The van der Waals surface area contributed by atoms with Crippen molar-refractivity contribution in [1.29, 1.82) is 0 Å². The molecular formula is C15H12ClN3. The second-order valence-corrected chi connectivity index (χ2v) is 4.60. The zero-order valence-corrected chi connectivity index (χ0v) is 10.9. The zero-order valence-electron chi connectivity index (χ0n) is 10.1. The average molecular weight is 270 g/mol. The minimum atomic E-state index is 0.714. The Kier molecular flexibility index (Phi) is 3.21. The monoisotopic (exact) mass is 269 g/mol. The van der Waals surface area contributed by atoms with Crippen molar-refractivity contribution in [2.24, 2.45) is 5.10 Å². The first kappa shape index (κ1) is 11.8. The normalized spacial score (nSPS) is 11.2. The van der Waals surface area contributed by atoms with Crippen LogP contribution in [0, 0.1) is 0 Å². The number of aromatic amines is 1. The van der Waals surface area contributed by atoms with E-state index in [4.69, 9.17) is 11.6 Å². The lowest BCUT2D eigenvalue weighted by atomic mass is 10.2. The molecule has 0 aliphatic carbocycles. The molecule has 3 nitrogen and oxygen atoms in total. The van der Waals surface area contributed by atoms with Gasteiger partial charge in [0, 0.05) is 27.7 Å². The van der Waals surface area contributed by atoms with Gasteiger partial charge in [-0.15, -0.1) is 0 Å². The number of nitrogens with zero attached hydrogens (tertiary/aromatic N) is 1. The van der Waals surface area contributed by atoms with Crippen molar-refractivity contribution in [2.45, 2.75) is 0 Å². The maximum Gasteiger partial charge on any atom is 0.0566 e. The Morgan fingerprint density at radius 2 is 1.84 bits per heavy atom. The second-order valence-electron chi connectivity index (χ2n) is 4.17. The maximum absolute atomic E-state index is 5.82. The molecule has 19 heavy (non-hydrogen) atoms. The summed E-state index contributed by atoms with van der Waals surface area (Å²) in [6.45, 7) is 0. The van der Waals surface area contributed by atoms with E-state index in [2.05, 4.69) is 21.6 Å². The Balaban J connectivity index is 1.77. The van der Waals surface area contributed by atoms with Crippen molar-refractivity contribution in [1.82, 2.24) is 4.98 Å². The van der Waals surface area contributed by atoms with E-state index in [9.17, 15) is 0 Å². The van der Waals surface area contributed by atoms with Crippen LogP contribution in [-0.4, -0.2) is 11.2 Å². The van der Waals surface area contributed by atoms with Gasteiger partial charge >= 0.3 is 0 Å². The molecule has 0 spiro atoms. The Morgan fingerprint density at radius 3 is 2.68 bits per heavy atom. The van der Waals surface area contributed by atoms with E-state index in [0.29, 0.717) is 5.02 Å². The van der Waals surface area contributed by atoms with E-state index >= 15 is 0 Å². The smallest absolute Gasteiger partial charge is 0.0566 e. The Morgan fingerprint density at radius 1 is 1.05 bits per heavy atom. The van der Waals surface area contributed by atoms with Crippen molar-refractivity contribution in [3.05, 3.63) is 65.3 Å². The number of halogens is 1. The number of hydrazone groups is 1. The van der Waals surface area contributed by atoms with Gasteiger partial charge in [-0.2, -0.15) is 5.10 Å². The molecular weight excluding hydrogens is 258 g/mol. The molecule has 2 N–H and O–H groups in total. The van der Waals surface area contributed by atoms with Crippen LogP contribution in [-0.2, 0) is 0 Å². The molecule has 3 aromatic rings. The Labute approximate surface area is 115 Å². The van der Waals surface area contributed by atoms with E-state index in [1.165, 1.54) is 0 Å². The highest BCUT2D eigenvalue weighted by molar-refractivity contribution is 6.30. The van der Waals surface area contributed by atoms with Crippen LogP contribution in [0.3, 0.4) is 0 Å². The molecule has 0 saturated heterocycles. The average Bonchev–Trinajstić information content (AvgIpc) is 2.85. The summed E-state index contributed by atoms with van der Waals surface area (Å²) in [7, 11) is 0. The highest BCUT2D eigenvalue weighted by atomic mass is 35.5. The summed E-state index contributed by atoms with van der Waals surface area (Å²) >= 11 is 5.82. The summed E-state index contributed by atoms with van der Waals surface area (Å²) < 4.78 is 0. The van der Waals surface area contributed by atoms with E-state index < -0.39 is 0 Å². The molecule has 0 radical (unpaired) electrons. The quantitative estimate of drug-likeness (QED) is 0.541. The van der Waals surface area contributed by atoms with Gasteiger partial charge in [0.1, 0.15) is 0 Å². The fourth-order valence-corrected chi connectivity index (χ4v) is 2.03. The number of benzene rings is 2. The van der Waals surface area contributed by atoms with Crippen LogP contribution in [0.4, 0.5) is 5.69 Å². The van der Waals surface area contributed by atoms with Gasteiger partial charge in [-0.1, -0.05) is 29.8 Å². The molecule has 94 valence electrons. The van der Waals surface area contributed by atoms with Crippen molar-refractivity contribution < 1.29 is 0 Å². The number of aromatic nitrogens is 1. The van der Waals surface area contributed by atoms with Gasteiger partial charge in [0.05, 0.1) is 11.9 Å². The molecule has 0 fully saturated rings. The van der Waals surface area contributed by atoms with Crippen LogP contribution < -0.4 is 5.43 Å². The molecule has 0 saturated carbocycles. The number of hydrogen-bond acceptors (Lipinski definition) is 2. The first-order chi connectivity index (χ1) is 9.33. The van der Waals surface area contributed by atoms with Gasteiger partial charge in [-0.25, -0.2) is 0 Å². The van der Waals surface area contributed by atoms with E-state index in [1.54, 1.807) is 6.21 Å². The van der Waals surface area contributed by atoms with Crippen molar-refractivity contribution in [3.63, 3.8) is 0 Å². The SMILES string of the molecule is Clc1ccc(N/N=C/c2c[nH]c3ccccc23)cc1. The lowest BCUT2D eigenvalue weighted by Crippen LogP contribution is -1.89. The predicted octanol–water partition coefficient (Wildman–Crippen LogP) is 4.27. The maximum atomic E-state index is 5.82. The molecule has 4 heteroatoms. The van der Waals surface area contributed by atoms with Crippen LogP contribution >= 0.6 is 11.6 Å². The van der Waals surface area contributed by atoms with Gasteiger partial charge in [0.2, 0.25) is 0 Å². The number of anilines is 1. The molecule has 2 aromatic carbocycles. The summed E-state index contributed by atoms with van der Waals surface area (Å²) in [5.74, 6) is 0. The van der Waals surface area contributed by atoms with E-state index in [1.807, 2.05) is 48.7 Å². The molecule has 0 atom stereocenters. The van der Waals surface area contributed by atoms with Gasteiger partial charge in [0.15, 0.2) is 0 Å². The summed E-state index contributed by atoms with van der Waals surface area (Å²) in [6.07, 6.45) is 3.74. The summed E-state index contributed by atoms with van der Waals surface area (Å²) in [6, 6.07) is 15.5. The zero-order chi connectivity index (χ0) is 13.1. The topological polar surface area (TPSA) is 40.2 Å². The minimum absolute atomic E-state index is 0.714. The number of hydrogen-bond donors (Lipinski definition) is 2. The van der Waals surface area contributed by atoms with Crippen LogP contribution in [0.2, 0.25) is 5.02 Å². The summed E-state index contributed by atoms with van der Waals surface area (Å²) in [4.78, 5) is 3.21. The number of H-pyrrole nitrogens is 1. The molecule has 1 aromatic heterocycles. The molecule has 0 aliphatic rings. The van der Waals surface area contributed by atoms with E-state index in [-0.39, 0.29) is 0 Å². The number of nitrogens with one attached hydrogen (secondary N) is 2. The summed E-state index contributed by atoms with van der Waals surface area (Å²) in [5.41, 5.74) is 6.03. The van der Waals surface area contributed by atoms with Crippen LogP contribution in [0.25, 0.3) is 10.9 Å². The third-order valence-electron chi connectivity index (χ3n) is 2.86. The van der Waals surface area contributed by atoms with Crippen molar-refractivity contribution >= 4 is 34.4 Å². The predicted molar refractivity (Wildman–Crippen MR) is 81.0 cm³/mol. The molecule has 0 unspecified atom stereocenters. The Bertz CT molecular complexity index is 714. The van der Waals surface area contributed by atoms with Crippen LogP contribution in [0.5, 0.6) is 0 Å². The van der Waals surface area contributed by atoms with E-state index in [0.717, 1.165) is 22.2 Å². The van der Waals surface area contributed by atoms with Crippen molar-refractivity contribution in [3.8, 4) is 0 Å². The third-order valence-corrected chi connectivity index (χ3v) is 3.11. The fourth-order valence-electron chi connectivity index (χ4n) is 1.90. The van der Waals surface area contributed by atoms with Gasteiger partial charge in [0.25, 0.3) is 0 Å². The third kappa shape index (κ3) is 2.61. The first-order valence-electron chi connectivity index (χ1n) is 5.94. The standard InChI is InChI=1S/C15H12ClN3/c16-12-5-7-13(8-6-12)19-18-10-11-9-17-15-4-2-1-3-14(11)15/h1-10,17,19H/b18-10+. The number of rotatable bonds is 3.